The number of rotatable bonds is 3. The van der Waals surface area contributed by atoms with Gasteiger partial charge in [-0.3, -0.25) is 9.59 Å². The van der Waals surface area contributed by atoms with E-state index in [9.17, 15) is 9.59 Å². The first-order valence-electron chi connectivity index (χ1n) is 6.47. The normalized spacial score (nSPS) is 33.2. The van der Waals surface area contributed by atoms with Crippen LogP contribution in [0.5, 0.6) is 0 Å². The van der Waals surface area contributed by atoms with Gasteiger partial charge in [-0.05, 0) is 32.2 Å². The lowest BCUT2D eigenvalue weighted by Crippen LogP contribution is -2.54. The van der Waals surface area contributed by atoms with Crippen molar-refractivity contribution in [2.75, 3.05) is 19.6 Å². The van der Waals surface area contributed by atoms with Gasteiger partial charge in [-0.2, -0.15) is 0 Å². The number of piperidine rings is 1. The molecular weight excluding hydrogens is 218 g/mol. The van der Waals surface area contributed by atoms with E-state index >= 15 is 0 Å². The van der Waals surface area contributed by atoms with Gasteiger partial charge in [-0.1, -0.05) is 6.92 Å². The Labute approximate surface area is 102 Å². The molecule has 2 rings (SSSR count). The van der Waals surface area contributed by atoms with Crippen molar-refractivity contribution in [2.24, 2.45) is 5.41 Å². The molecule has 96 valence electrons. The van der Waals surface area contributed by atoms with Gasteiger partial charge >= 0.3 is 0 Å². The lowest BCUT2D eigenvalue weighted by Gasteiger charge is -2.30. The third-order valence-electron chi connectivity index (χ3n) is 3.99. The molecule has 2 saturated heterocycles. The number of hydrogen-bond acceptors (Lipinski definition) is 3. The van der Waals surface area contributed by atoms with Crippen LogP contribution in [0.3, 0.4) is 0 Å². The van der Waals surface area contributed by atoms with Crippen LogP contribution in [0.4, 0.5) is 0 Å². The number of hydrogen-bond donors (Lipinski definition) is 3. The quantitative estimate of drug-likeness (QED) is 0.637. The van der Waals surface area contributed by atoms with Gasteiger partial charge in [0.05, 0.1) is 5.41 Å². The zero-order valence-electron chi connectivity index (χ0n) is 10.3. The Kier molecular flexibility index (Phi) is 3.66. The van der Waals surface area contributed by atoms with Crippen LogP contribution in [-0.2, 0) is 9.59 Å². The van der Waals surface area contributed by atoms with Crippen LogP contribution in [-0.4, -0.2) is 37.5 Å². The summed E-state index contributed by atoms with van der Waals surface area (Å²) in [5, 5.41) is 8.93. The van der Waals surface area contributed by atoms with Gasteiger partial charge in [0.25, 0.3) is 0 Å². The lowest BCUT2D eigenvalue weighted by molar-refractivity contribution is -0.135. The van der Waals surface area contributed by atoms with E-state index in [-0.39, 0.29) is 23.3 Å². The highest BCUT2D eigenvalue weighted by Crippen LogP contribution is 2.29. The molecule has 0 aromatic carbocycles. The summed E-state index contributed by atoms with van der Waals surface area (Å²) in [7, 11) is 0. The van der Waals surface area contributed by atoms with Crippen LogP contribution < -0.4 is 16.0 Å². The van der Waals surface area contributed by atoms with E-state index in [4.69, 9.17) is 0 Å². The summed E-state index contributed by atoms with van der Waals surface area (Å²) in [6.45, 7) is 4.38. The van der Waals surface area contributed by atoms with Crippen molar-refractivity contribution in [3.63, 3.8) is 0 Å². The molecule has 2 aliphatic heterocycles. The second-order valence-electron chi connectivity index (χ2n) is 5.02. The van der Waals surface area contributed by atoms with Gasteiger partial charge in [0, 0.05) is 13.1 Å². The van der Waals surface area contributed by atoms with Crippen molar-refractivity contribution in [1.82, 2.24) is 16.0 Å². The second kappa shape index (κ2) is 5.04. The maximum absolute atomic E-state index is 12.3. The van der Waals surface area contributed by atoms with Crippen LogP contribution in [0.1, 0.15) is 32.6 Å². The van der Waals surface area contributed by atoms with E-state index in [1.165, 1.54) is 0 Å². The molecule has 0 aliphatic carbocycles. The highest BCUT2D eigenvalue weighted by molar-refractivity contribution is 5.90. The summed E-state index contributed by atoms with van der Waals surface area (Å²) in [6.07, 6.45) is 3.38. The molecule has 2 atom stereocenters. The maximum Gasteiger partial charge on any atom is 0.242 e. The summed E-state index contributed by atoms with van der Waals surface area (Å²) in [5.74, 6) is -0.00569. The summed E-state index contributed by atoms with van der Waals surface area (Å²) < 4.78 is 0. The number of carbonyl (C=O) groups is 2. The first-order chi connectivity index (χ1) is 8.18. The fraction of sp³-hybridized carbons (Fsp3) is 0.833. The first-order valence-corrected chi connectivity index (χ1v) is 6.47. The van der Waals surface area contributed by atoms with Crippen molar-refractivity contribution < 1.29 is 9.59 Å². The highest BCUT2D eigenvalue weighted by atomic mass is 16.2. The van der Waals surface area contributed by atoms with Crippen LogP contribution in [0.25, 0.3) is 0 Å². The molecule has 0 aromatic rings. The molecule has 2 amide bonds. The Morgan fingerprint density at radius 1 is 1.53 bits per heavy atom. The van der Waals surface area contributed by atoms with E-state index in [0.717, 1.165) is 45.3 Å². The zero-order valence-corrected chi connectivity index (χ0v) is 10.3. The maximum atomic E-state index is 12.3. The fourth-order valence-corrected chi connectivity index (χ4v) is 2.62. The van der Waals surface area contributed by atoms with Crippen LogP contribution >= 0.6 is 0 Å². The number of nitrogens with one attached hydrogen (secondary N) is 3. The minimum atomic E-state index is -0.333. The van der Waals surface area contributed by atoms with Crippen molar-refractivity contribution in [1.29, 1.82) is 0 Å². The molecule has 0 saturated carbocycles. The van der Waals surface area contributed by atoms with Gasteiger partial charge in [0.2, 0.25) is 11.8 Å². The highest BCUT2D eigenvalue weighted by Gasteiger charge is 2.41. The van der Waals surface area contributed by atoms with E-state index in [1.807, 2.05) is 6.92 Å². The molecule has 3 N–H and O–H groups in total. The molecule has 2 fully saturated rings. The summed E-state index contributed by atoms with van der Waals surface area (Å²) in [5.41, 5.74) is -0.308. The monoisotopic (exact) mass is 239 g/mol. The van der Waals surface area contributed by atoms with Crippen LogP contribution in [0.15, 0.2) is 0 Å². The molecule has 2 unspecified atom stereocenters. The molecule has 2 heterocycles. The van der Waals surface area contributed by atoms with E-state index in [2.05, 4.69) is 16.0 Å². The first kappa shape index (κ1) is 12.4. The molecular formula is C12H21N3O2. The van der Waals surface area contributed by atoms with Gasteiger partial charge in [0.1, 0.15) is 6.04 Å². The van der Waals surface area contributed by atoms with Crippen LogP contribution in [0.2, 0.25) is 0 Å². The average molecular weight is 239 g/mol. The van der Waals surface area contributed by atoms with Crippen LogP contribution in [0, 0.1) is 5.41 Å². The summed E-state index contributed by atoms with van der Waals surface area (Å²) in [4.78, 5) is 23.9. The van der Waals surface area contributed by atoms with Gasteiger partial charge in [-0.15, -0.1) is 0 Å². The third-order valence-corrected chi connectivity index (χ3v) is 3.99. The molecule has 0 aromatic heterocycles. The van der Waals surface area contributed by atoms with E-state index < -0.39 is 0 Å². The van der Waals surface area contributed by atoms with E-state index in [0.29, 0.717) is 0 Å². The largest absolute Gasteiger partial charge is 0.354 e. The predicted octanol–water partition coefficient (Wildman–Crippen LogP) is -0.229. The smallest absolute Gasteiger partial charge is 0.242 e. The SMILES string of the molecule is CCC1(C(=O)NC2CCCNC2=O)CCNC1. The molecule has 17 heavy (non-hydrogen) atoms. The average Bonchev–Trinajstić information content (AvgIpc) is 2.82. The van der Waals surface area contributed by atoms with Gasteiger partial charge in [0.15, 0.2) is 0 Å². The topological polar surface area (TPSA) is 70.2 Å². The standard InChI is InChI=1S/C12H21N3O2/c1-2-12(5-7-13-8-12)11(17)15-9-4-3-6-14-10(9)16/h9,13H,2-8H2,1H3,(H,14,16)(H,15,17). The van der Waals surface area contributed by atoms with Crippen molar-refractivity contribution in [2.45, 2.75) is 38.6 Å². The van der Waals surface area contributed by atoms with E-state index in [1.54, 1.807) is 0 Å². The van der Waals surface area contributed by atoms with Crippen molar-refractivity contribution in [3.05, 3.63) is 0 Å². The van der Waals surface area contributed by atoms with Gasteiger partial charge in [-0.25, -0.2) is 0 Å². The Balaban J connectivity index is 1.97. The zero-order chi connectivity index (χ0) is 12.3. The molecule has 2 aliphatic rings. The molecule has 5 heteroatoms. The number of carbonyl (C=O) groups excluding carboxylic acids is 2. The minimum Gasteiger partial charge on any atom is -0.354 e. The predicted molar refractivity (Wildman–Crippen MR) is 64.4 cm³/mol. The Hall–Kier alpha value is -1.10. The third kappa shape index (κ3) is 2.44. The fourth-order valence-electron chi connectivity index (χ4n) is 2.62. The minimum absolute atomic E-state index is 0.0343. The lowest BCUT2D eigenvalue weighted by atomic mass is 9.83. The Morgan fingerprint density at radius 2 is 2.35 bits per heavy atom. The second-order valence-corrected chi connectivity index (χ2v) is 5.02. The molecule has 0 bridgehead atoms. The van der Waals surface area contributed by atoms with Gasteiger partial charge < -0.3 is 16.0 Å². The molecule has 5 nitrogen and oxygen atoms in total. The summed E-state index contributed by atoms with van der Waals surface area (Å²) in [6, 6.07) is -0.333. The summed E-state index contributed by atoms with van der Waals surface area (Å²) >= 11 is 0. The van der Waals surface area contributed by atoms with Crippen molar-refractivity contribution >= 4 is 11.8 Å². The molecule has 0 spiro atoms. The van der Waals surface area contributed by atoms with Crippen molar-refractivity contribution in [3.8, 4) is 0 Å². The number of amides is 2. The Morgan fingerprint density at radius 3 is 2.94 bits per heavy atom. The molecule has 0 radical (unpaired) electrons. The Bertz CT molecular complexity index is 311.